The third kappa shape index (κ3) is 7.27. The molecule has 4 aromatic rings. The Bertz CT molecular complexity index is 1240. The molecule has 0 aliphatic carbocycles. The highest BCUT2D eigenvalue weighted by Gasteiger charge is 2.06. The SMILES string of the molecule is CCCCOCCOc1ccc2cc(N)ccc2n1.O=[N+]([O-])c1ccc2nc(Cl)ccc2c1. The fourth-order valence-corrected chi connectivity index (χ4v) is 3.12. The Morgan fingerprint density at radius 1 is 0.939 bits per heavy atom. The standard InChI is InChI=1S/C15H20N2O2.C9H5ClN2O2/c1-2-3-8-18-9-10-19-15-7-4-12-11-13(16)5-6-14(12)17-15;10-9-4-1-6-5-7(12(13)14)2-3-8(6)11-9/h4-7,11H,2-3,8-10,16H2,1H3;1-5H. The molecule has 2 N–H and O–H groups in total. The summed E-state index contributed by atoms with van der Waals surface area (Å²) >= 11 is 5.68. The van der Waals surface area contributed by atoms with Gasteiger partial charge in [-0.15, -0.1) is 0 Å². The molecule has 0 fully saturated rings. The van der Waals surface area contributed by atoms with Gasteiger partial charge in [-0.2, -0.15) is 0 Å². The number of anilines is 1. The monoisotopic (exact) mass is 468 g/mol. The summed E-state index contributed by atoms with van der Waals surface area (Å²) in [6, 6.07) is 17.2. The highest BCUT2D eigenvalue weighted by atomic mass is 35.5. The minimum Gasteiger partial charge on any atom is -0.475 e. The van der Waals surface area contributed by atoms with Crippen LogP contribution in [0.25, 0.3) is 21.8 Å². The van der Waals surface area contributed by atoms with Crippen molar-refractivity contribution in [3.63, 3.8) is 0 Å². The molecule has 172 valence electrons. The van der Waals surface area contributed by atoms with Crippen molar-refractivity contribution < 1.29 is 14.4 Å². The number of nitrogen functional groups attached to an aromatic ring is 1. The lowest BCUT2D eigenvalue weighted by Crippen LogP contribution is -2.08. The fourth-order valence-electron chi connectivity index (χ4n) is 2.96. The van der Waals surface area contributed by atoms with E-state index in [1.807, 2.05) is 30.3 Å². The van der Waals surface area contributed by atoms with Gasteiger partial charge in [0.2, 0.25) is 5.88 Å². The Labute approximate surface area is 196 Å². The average Bonchev–Trinajstić information content (AvgIpc) is 2.81. The van der Waals surface area contributed by atoms with Gasteiger partial charge in [0.05, 0.1) is 22.6 Å². The van der Waals surface area contributed by atoms with Crippen molar-refractivity contribution in [2.45, 2.75) is 19.8 Å². The van der Waals surface area contributed by atoms with E-state index in [0.717, 1.165) is 36.0 Å². The molecule has 0 spiro atoms. The molecule has 0 radical (unpaired) electrons. The van der Waals surface area contributed by atoms with Gasteiger partial charge in [0.15, 0.2) is 0 Å². The number of unbranched alkanes of at least 4 members (excludes halogenated alkanes) is 1. The molecular formula is C24H25ClN4O4. The smallest absolute Gasteiger partial charge is 0.270 e. The molecule has 0 unspecified atom stereocenters. The summed E-state index contributed by atoms with van der Waals surface area (Å²) in [5.41, 5.74) is 8.07. The predicted molar refractivity (Wildman–Crippen MR) is 131 cm³/mol. The van der Waals surface area contributed by atoms with Gasteiger partial charge >= 0.3 is 0 Å². The van der Waals surface area contributed by atoms with Crippen LogP contribution in [0.1, 0.15) is 19.8 Å². The zero-order valence-electron chi connectivity index (χ0n) is 18.2. The van der Waals surface area contributed by atoms with Gasteiger partial charge in [-0.25, -0.2) is 9.97 Å². The normalized spacial score (nSPS) is 10.6. The van der Waals surface area contributed by atoms with Crippen LogP contribution < -0.4 is 10.5 Å². The average molecular weight is 469 g/mol. The summed E-state index contributed by atoms with van der Waals surface area (Å²) in [5.74, 6) is 0.622. The molecule has 4 rings (SSSR count). The van der Waals surface area contributed by atoms with Crippen molar-refractivity contribution in [1.29, 1.82) is 0 Å². The molecular weight excluding hydrogens is 444 g/mol. The second-order valence-corrected chi connectivity index (χ2v) is 7.57. The summed E-state index contributed by atoms with van der Waals surface area (Å²) in [5, 5.41) is 12.6. The molecule has 8 nitrogen and oxygen atoms in total. The van der Waals surface area contributed by atoms with E-state index in [1.165, 1.54) is 12.1 Å². The number of nitrogens with two attached hydrogens (primary N) is 1. The number of aromatic nitrogens is 2. The van der Waals surface area contributed by atoms with Gasteiger partial charge < -0.3 is 15.2 Å². The summed E-state index contributed by atoms with van der Waals surface area (Å²) in [6.45, 7) is 4.06. The Morgan fingerprint density at radius 3 is 2.45 bits per heavy atom. The Balaban J connectivity index is 0.000000194. The van der Waals surface area contributed by atoms with Gasteiger partial charge in [-0.1, -0.05) is 24.9 Å². The van der Waals surface area contributed by atoms with Gasteiger partial charge in [0.1, 0.15) is 11.8 Å². The van der Waals surface area contributed by atoms with Gasteiger partial charge in [-0.05, 0) is 48.9 Å². The lowest BCUT2D eigenvalue weighted by atomic mass is 10.2. The maximum Gasteiger partial charge on any atom is 0.270 e. The Morgan fingerprint density at radius 2 is 1.67 bits per heavy atom. The van der Waals surface area contributed by atoms with E-state index < -0.39 is 4.92 Å². The minimum atomic E-state index is -0.436. The van der Waals surface area contributed by atoms with E-state index in [-0.39, 0.29) is 5.69 Å². The van der Waals surface area contributed by atoms with Crippen LogP contribution in [0.3, 0.4) is 0 Å². The van der Waals surface area contributed by atoms with E-state index in [0.29, 0.717) is 35.1 Å². The number of non-ortho nitro benzene ring substituents is 1. The summed E-state index contributed by atoms with van der Waals surface area (Å²) in [4.78, 5) is 18.5. The van der Waals surface area contributed by atoms with E-state index in [4.69, 9.17) is 26.8 Å². The highest BCUT2D eigenvalue weighted by molar-refractivity contribution is 6.29. The third-order valence-corrected chi connectivity index (χ3v) is 4.87. The molecule has 9 heteroatoms. The highest BCUT2D eigenvalue weighted by Crippen LogP contribution is 2.21. The molecule has 0 aliphatic heterocycles. The molecule has 0 aliphatic rings. The molecule has 0 saturated heterocycles. The quantitative estimate of drug-likeness (QED) is 0.114. The molecule has 2 aromatic carbocycles. The largest absolute Gasteiger partial charge is 0.475 e. The number of nitro groups is 1. The molecule has 2 aromatic heterocycles. The number of nitrogens with zero attached hydrogens (tertiary/aromatic N) is 3. The van der Waals surface area contributed by atoms with Crippen LogP contribution in [-0.4, -0.2) is 34.7 Å². The first-order valence-electron chi connectivity index (χ1n) is 10.5. The number of pyridine rings is 2. The second kappa shape index (κ2) is 11.9. The summed E-state index contributed by atoms with van der Waals surface area (Å²) in [6.07, 6.45) is 2.24. The van der Waals surface area contributed by atoms with E-state index >= 15 is 0 Å². The molecule has 0 bridgehead atoms. The molecule has 0 amide bonds. The first-order valence-corrected chi connectivity index (χ1v) is 10.9. The number of fused-ring (bicyclic) bond motifs is 2. The van der Waals surface area contributed by atoms with Gasteiger partial charge in [0.25, 0.3) is 5.69 Å². The van der Waals surface area contributed by atoms with E-state index in [2.05, 4.69) is 16.9 Å². The topological polar surface area (TPSA) is 113 Å². The van der Waals surface area contributed by atoms with Crippen molar-refractivity contribution in [1.82, 2.24) is 9.97 Å². The summed E-state index contributed by atoms with van der Waals surface area (Å²) in [7, 11) is 0. The van der Waals surface area contributed by atoms with E-state index in [1.54, 1.807) is 18.2 Å². The maximum atomic E-state index is 10.5. The first-order chi connectivity index (χ1) is 16.0. The van der Waals surface area contributed by atoms with Crippen LogP contribution in [0.2, 0.25) is 5.15 Å². The van der Waals surface area contributed by atoms with Crippen molar-refractivity contribution >= 4 is 44.8 Å². The third-order valence-electron chi connectivity index (χ3n) is 4.66. The van der Waals surface area contributed by atoms with Crippen LogP contribution >= 0.6 is 11.6 Å². The molecule has 0 atom stereocenters. The summed E-state index contributed by atoms with van der Waals surface area (Å²) < 4.78 is 11.0. The van der Waals surface area contributed by atoms with Crippen LogP contribution in [0.5, 0.6) is 5.88 Å². The van der Waals surface area contributed by atoms with Crippen LogP contribution in [0.4, 0.5) is 11.4 Å². The predicted octanol–water partition coefficient (Wildman–Crippen LogP) is 5.81. The first kappa shape index (κ1) is 24.2. The number of nitro benzene ring substituents is 1. The number of rotatable bonds is 8. The van der Waals surface area contributed by atoms with Crippen LogP contribution in [-0.2, 0) is 4.74 Å². The van der Waals surface area contributed by atoms with Crippen molar-refractivity contribution in [3.05, 3.63) is 75.9 Å². The zero-order valence-corrected chi connectivity index (χ0v) is 19.0. The van der Waals surface area contributed by atoms with Crippen LogP contribution in [0, 0.1) is 10.1 Å². The van der Waals surface area contributed by atoms with Gasteiger partial charge in [-0.3, -0.25) is 10.1 Å². The Hall–Kier alpha value is -3.49. The lowest BCUT2D eigenvalue weighted by Gasteiger charge is -2.07. The van der Waals surface area contributed by atoms with Crippen LogP contribution in [0.15, 0.2) is 60.7 Å². The minimum absolute atomic E-state index is 0.0571. The number of benzene rings is 2. The number of halogens is 1. The second-order valence-electron chi connectivity index (χ2n) is 7.18. The molecule has 0 saturated carbocycles. The van der Waals surface area contributed by atoms with Crippen molar-refractivity contribution in [3.8, 4) is 5.88 Å². The van der Waals surface area contributed by atoms with Crippen molar-refractivity contribution in [2.75, 3.05) is 25.6 Å². The van der Waals surface area contributed by atoms with Crippen molar-refractivity contribution in [2.24, 2.45) is 0 Å². The lowest BCUT2D eigenvalue weighted by molar-refractivity contribution is -0.384. The molecule has 33 heavy (non-hydrogen) atoms. The fraction of sp³-hybridized carbons (Fsp3) is 0.250. The molecule has 2 heterocycles. The Kier molecular flexibility index (Phi) is 8.74. The zero-order chi connectivity index (χ0) is 23.6. The number of ether oxygens (including phenoxy) is 2. The number of hydrogen-bond donors (Lipinski definition) is 1. The maximum absolute atomic E-state index is 10.5. The number of hydrogen-bond acceptors (Lipinski definition) is 7. The van der Waals surface area contributed by atoms with E-state index in [9.17, 15) is 10.1 Å². The van der Waals surface area contributed by atoms with Gasteiger partial charge in [0, 0.05) is 41.3 Å².